The largest absolute Gasteiger partial charge is 0.340 e. The Labute approximate surface area is 182 Å². The van der Waals surface area contributed by atoms with Crippen molar-refractivity contribution in [1.29, 1.82) is 0 Å². The fourth-order valence-electron chi connectivity index (χ4n) is 3.82. The number of hydrogen-bond donors (Lipinski definition) is 1. The van der Waals surface area contributed by atoms with Gasteiger partial charge in [0, 0.05) is 37.7 Å². The number of rotatable bonds is 4. The summed E-state index contributed by atoms with van der Waals surface area (Å²) in [5, 5.41) is 5.25. The maximum Gasteiger partial charge on any atom is 0.263 e. The lowest BCUT2D eigenvalue weighted by molar-refractivity contribution is 0.248. The summed E-state index contributed by atoms with van der Waals surface area (Å²) in [6, 6.07) is 14.1. The maximum atomic E-state index is 13.3. The summed E-state index contributed by atoms with van der Waals surface area (Å²) in [6.45, 7) is 3.59. The van der Waals surface area contributed by atoms with Crippen molar-refractivity contribution in [2.75, 3.05) is 31.1 Å². The average molecular weight is 439 g/mol. The van der Waals surface area contributed by atoms with Crippen LogP contribution in [0, 0.1) is 5.82 Å². The van der Waals surface area contributed by atoms with E-state index in [1.165, 1.54) is 12.1 Å². The van der Waals surface area contributed by atoms with Gasteiger partial charge in [-0.1, -0.05) is 35.9 Å². The number of fused-ring (bicyclic) bond motifs is 1. The Kier molecular flexibility index (Phi) is 5.17. The summed E-state index contributed by atoms with van der Waals surface area (Å²) in [6.07, 6.45) is 1.54. The molecule has 7 nitrogen and oxygen atoms in total. The molecular weight excluding hydrogens is 419 g/mol. The van der Waals surface area contributed by atoms with Crippen LogP contribution in [0.1, 0.15) is 5.56 Å². The highest BCUT2D eigenvalue weighted by atomic mass is 35.5. The van der Waals surface area contributed by atoms with Gasteiger partial charge in [-0.05, 0) is 29.8 Å². The summed E-state index contributed by atoms with van der Waals surface area (Å²) in [5.74, 6) is 0.202. The molecule has 9 heteroatoms. The number of aromatic nitrogens is 4. The lowest BCUT2D eigenvalue weighted by Gasteiger charge is -2.35. The SMILES string of the molecule is O=c1[nH]c(N2CCN(Cc3ccc(F)cc3Cl)CC2)nc2c1cnn2-c1ccccc1. The fraction of sp³-hybridized carbons (Fsp3) is 0.227. The Morgan fingerprint density at radius 2 is 1.84 bits per heavy atom. The van der Waals surface area contributed by atoms with E-state index in [0.717, 1.165) is 24.3 Å². The third-order valence-corrected chi connectivity index (χ3v) is 5.86. The first-order valence-corrected chi connectivity index (χ1v) is 10.4. The normalized spacial score (nSPS) is 15.0. The zero-order valence-corrected chi connectivity index (χ0v) is 17.4. The van der Waals surface area contributed by atoms with Gasteiger partial charge in [-0.2, -0.15) is 10.1 Å². The third kappa shape index (κ3) is 3.92. The molecule has 0 amide bonds. The molecule has 0 radical (unpaired) electrons. The highest BCUT2D eigenvalue weighted by molar-refractivity contribution is 6.31. The van der Waals surface area contributed by atoms with Crippen LogP contribution in [-0.4, -0.2) is 50.8 Å². The molecule has 0 unspecified atom stereocenters. The maximum absolute atomic E-state index is 13.3. The molecule has 0 spiro atoms. The van der Waals surface area contributed by atoms with Crippen molar-refractivity contribution in [3.8, 4) is 5.69 Å². The van der Waals surface area contributed by atoms with Crippen molar-refractivity contribution in [2.24, 2.45) is 0 Å². The van der Waals surface area contributed by atoms with E-state index < -0.39 is 0 Å². The van der Waals surface area contributed by atoms with Crippen molar-refractivity contribution >= 4 is 28.6 Å². The molecule has 5 rings (SSSR count). The number of nitrogens with one attached hydrogen (secondary N) is 1. The number of halogens is 2. The van der Waals surface area contributed by atoms with E-state index in [9.17, 15) is 9.18 Å². The summed E-state index contributed by atoms with van der Waals surface area (Å²) in [5.41, 5.74) is 2.08. The zero-order valence-electron chi connectivity index (χ0n) is 16.6. The van der Waals surface area contributed by atoms with Crippen LogP contribution >= 0.6 is 11.6 Å². The monoisotopic (exact) mass is 438 g/mol. The van der Waals surface area contributed by atoms with Gasteiger partial charge in [-0.15, -0.1) is 0 Å². The Morgan fingerprint density at radius 1 is 1.06 bits per heavy atom. The van der Waals surface area contributed by atoms with Gasteiger partial charge >= 0.3 is 0 Å². The van der Waals surface area contributed by atoms with Gasteiger partial charge in [0.25, 0.3) is 5.56 Å². The quantitative estimate of drug-likeness (QED) is 0.529. The second kappa shape index (κ2) is 8.13. The molecule has 1 N–H and O–H groups in total. The molecule has 31 heavy (non-hydrogen) atoms. The zero-order chi connectivity index (χ0) is 21.4. The van der Waals surface area contributed by atoms with E-state index >= 15 is 0 Å². The highest BCUT2D eigenvalue weighted by Crippen LogP contribution is 2.21. The van der Waals surface area contributed by atoms with Crippen LogP contribution < -0.4 is 10.5 Å². The molecule has 3 heterocycles. The molecule has 4 aromatic rings. The van der Waals surface area contributed by atoms with Crippen molar-refractivity contribution in [3.05, 3.63) is 81.5 Å². The molecule has 0 atom stereocenters. The topological polar surface area (TPSA) is 70.1 Å². The van der Waals surface area contributed by atoms with Gasteiger partial charge < -0.3 is 4.90 Å². The van der Waals surface area contributed by atoms with Gasteiger partial charge in [-0.3, -0.25) is 14.7 Å². The lowest BCUT2D eigenvalue weighted by atomic mass is 10.2. The van der Waals surface area contributed by atoms with E-state index in [1.54, 1.807) is 16.9 Å². The summed E-state index contributed by atoms with van der Waals surface area (Å²) in [4.78, 5) is 24.5. The van der Waals surface area contributed by atoms with Gasteiger partial charge in [-0.25, -0.2) is 9.07 Å². The molecule has 0 bridgehead atoms. The van der Waals surface area contributed by atoms with Crippen LogP contribution in [-0.2, 0) is 6.54 Å². The number of benzene rings is 2. The molecule has 2 aromatic carbocycles. The number of anilines is 1. The fourth-order valence-corrected chi connectivity index (χ4v) is 4.05. The van der Waals surface area contributed by atoms with Gasteiger partial charge in [0.1, 0.15) is 11.2 Å². The number of para-hydroxylation sites is 1. The first-order valence-electron chi connectivity index (χ1n) is 10.0. The molecule has 1 saturated heterocycles. The van der Waals surface area contributed by atoms with Gasteiger partial charge in [0.05, 0.1) is 11.9 Å². The molecule has 0 saturated carbocycles. The van der Waals surface area contributed by atoms with Crippen molar-refractivity contribution in [3.63, 3.8) is 0 Å². The molecule has 1 aliphatic heterocycles. The summed E-state index contributed by atoms with van der Waals surface area (Å²) >= 11 is 6.17. The second-order valence-corrected chi connectivity index (χ2v) is 7.92. The minimum atomic E-state index is -0.335. The van der Waals surface area contributed by atoms with Gasteiger partial charge in [0.2, 0.25) is 5.95 Å². The minimum absolute atomic E-state index is 0.206. The Bertz CT molecular complexity index is 1280. The minimum Gasteiger partial charge on any atom is -0.340 e. The Balaban J connectivity index is 1.35. The number of nitrogens with zero attached hydrogens (tertiary/aromatic N) is 5. The standard InChI is InChI=1S/C22H20ClFN6O/c23-19-12-16(24)7-6-15(19)14-28-8-10-29(11-9-28)22-26-20-18(21(31)27-22)13-25-30(20)17-4-2-1-3-5-17/h1-7,12-13H,8-11,14H2,(H,26,27,31). The smallest absolute Gasteiger partial charge is 0.263 e. The molecule has 2 aromatic heterocycles. The van der Waals surface area contributed by atoms with E-state index in [2.05, 4.69) is 19.9 Å². The number of H-pyrrole nitrogens is 1. The Morgan fingerprint density at radius 3 is 2.58 bits per heavy atom. The number of piperazine rings is 1. The molecule has 0 aliphatic carbocycles. The predicted molar refractivity (Wildman–Crippen MR) is 118 cm³/mol. The van der Waals surface area contributed by atoms with E-state index in [4.69, 9.17) is 16.6 Å². The van der Waals surface area contributed by atoms with E-state index in [1.807, 2.05) is 30.3 Å². The van der Waals surface area contributed by atoms with Crippen LogP contribution in [0.5, 0.6) is 0 Å². The summed E-state index contributed by atoms with van der Waals surface area (Å²) in [7, 11) is 0. The van der Waals surface area contributed by atoms with Crippen LogP contribution in [0.25, 0.3) is 16.7 Å². The molecule has 158 valence electrons. The lowest BCUT2D eigenvalue weighted by Crippen LogP contribution is -2.47. The third-order valence-electron chi connectivity index (χ3n) is 5.51. The van der Waals surface area contributed by atoms with Crippen LogP contribution in [0.15, 0.2) is 59.5 Å². The van der Waals surface area contributed by atoms with Crippen molar-refractivity contribution in [2.45, 2.75) is 6.54 Å². The second-order valence-electron chi connectivity index (χ2n) is 7.52. The first-order chi connectivity index (χ1) is 15.1. The molecule has 1 fully saturated rings. The molecule has 1 aliphatic rings. The van der Waals surface area contributed by atoms with E-state index in [-0.39, 0.29) is 11.4 Å². The first kappa shape index (κ1) is 19.7. The van der Waals surface area contributed by atoms with Crippen LogP contribution in [0.2, 0.25) is 5.02 Å². The van der Waals surface area contributed by atoms with Gasteiger partial charge in [0.15, 0.2) is 5.65 Å². The molecular formula is C22H20ClFN6O. The van der Waals surface area contributed by atoms with E-state index in [0.29, 0.717) is 41.6 Å². The van der Waals surface area contributed by atoms with Crippen LogP contribution in [0.4, 0.5) is 10.3 Å². The number of hydrogen-bond acceptors (Lipinski definition) is 5. The van der Waals surface area contributed by atoms with Crippen molar-refractivity contribution < 1.29 is 4.39 Å². The number of aromatic amines is 1. The Hall–Kier alpha value is -3.23. The summed E-state index contributed by atoms with van der Waals surface area (Å²) < 4.78 is 15.0. The van der Waals surface area contributed by atoms with Crippen molar-refractivity contribution in [1.82, 2.24) is 24.6 Å². The average Bonchev–Trinajstić information content (AvgIpc) is 3.21. The predicted octanol–water partition coefficient (Wildman–Crippen LogP) is 3.22. The van der Waals surface area contributed by atoms with Crippen LogP contribution in [0.3, 0.4) is 0 Å². The highest BCUT2D eigenvalue weighted by Gasteiger charge is 2.21.